The molecule has 0 aromatic carbocycles. The van der Waals surface area contributed by atoms with Gasteiger partial charge in [0.15, 0.2) is 0 Å². The Labute approximate surface area is 109 Å². The number of rotatable bonds is 7. The third-order valence-corrected chi connectivity index (χ3v) is 2.02. The fraction of sp³-hybridized carbons (Fsp3) is 0.600. The largest absolute Gasteiger partial charge is 0.481 e. The van der Waals surface area contributed by atoms with Crippen LogP contribution in [0.15, 0.2) is 0 Å². The monoisotopic (exact) mass is 274 g/mol. The molecule has 9 heteroatoms. The second kappa shape index (κ2) is 6.57. The summed E-state index contributed by atoms with van der Waals surface area (Å²) >= 11 is 0. The Kier molecular flexibility index (Phi) is 5.77. The molecule has 0 aliphatic heterocycles. The van der Waals surface area contributed by atoms with Gasteiger partial charge >= 0.3 is 12.0 Å². The van der Waals surface area contributed by atoms with Crippen molar-refractivity contribution in [2.45, 2.75) is 25.8 Å². The molecule has 0 spiro atoms. The van der Waals surface area contributed by atoms with Gasteiger partial charge in [0.1, 0.15) is 13.1 Å². The fourth-order valence-electron chi connectivity index (χ4n) is 1.37. The fourth-order valence-corrected chi connectivity index (χ4v) is 1.37. The van der Waals surface area contributed by atoms with Crippen LogP contribution in [0.3, 0.4) is 0 Å². The molecule has 0 rings (SSSR count). The Hall–Kier alpha value is -2.32. The summed E-state index contributed by atoms with van der Waals surface area (Å²) in [4.78, 5) is 44.8. The predicted molar refractivity (Wildman–Crippen MR) is 64.8 cm³/mol. The predicted octanol–water partition coefficient (Wildman–Crippen LogP) is -1.78. The number of carbonyl (C=O) groups excluding carboxylic acids is 3. The lowest BCUT2D eigenvalue weighted by Crippen LogP contribution is -2.54. The van der Waals surface area contributed by atoms with Crippen LogP contribution in [0.2, 0.25) is 0 Å². The Morgan fingerprint density at radius 3 is 1.84 bits per heavy atom. The van der Waals surface area contributed by atoms with Crippen molar-refractivity contribution >= 4 is 23.8 Å². The van der Waals surface area contributed by atoms with E-state index in [1.165, 1.54) is 13.8 Å². The highest BCUT2D eigenvalue weighted by atomic mass is 16.4. The summed E-state index contributed by atoms with van der Waals surface area (Å²) in [6, 6.07) is -0.788. The average molecular weight is 274 g/mol. The van der Waals surface area contributed by atoms with Gasteiger partial charge in [0.2, 0.25) is 11.8 Å². The molecule has 0 aromatic heterocycles. The number of nitrogens with zero attached hydrogens (tertiary/aromatic N) is 1. The van der Waals surface area contributed by atoms with Crippen molar-refractivity contribution in [3.8, 4) is 0 Å². The zero-order valence-electron chi connectivity index (χ0n) is 10.8. The average Bonchev–Trinajstić information content (AvgIpc) is 2.11. The molecule has 108 valence electrons. The summed E-state index contributed by atoms with van der Waals surface area (Å²) in [6.07, 6.45) is -0.320. The normalized spacial score (nSPS) is 10.6. The first kappa shape index (κ1) is 16.7. The number of nitrogens with two attached hydrogens (primary N) is 2. The first-order chi connectivity index (χ1) is 8.53. The van der Waals surface area contributed by atoms with Gasteiger partial charge < -0.3 is 26.8 Å². The zero-order chi connectivity index (χ0) is 15.2. The van der Waals surface area contributed by atoms with Crippen LogP contribution in [0, 0.1) is 0 Å². The molecule has 0 atom stereocenters. The molecular formula is C10H18N4O5. The summed E-state index contributed by atoms with van der Waals surface area (Å²) < 4.78 is 0. The molecule has 0 heterocycles. The van der Waals surface area contributed by atoms with Gasteiger partial charge in [0, 0.05) is 5.54 Å². The van der Waals surface area contributed by atoms with Crippen LogP contribution in [0.25, 0.3) is 0 Å². The van der Waals surface area contributed by atoms with Crippen molar-refractivity contribution in [3.63, 3.8) is 0 Å². The molecule has 0 aliphatic rings. The SMILES string of the molecule is CC(C)(CC(=O)O)NC(=O)N(CC(N)=O)CC(N)=O. The number of amides is 4. The van der Waals surface area contributed by atoms with E-state index >= 15 is 0 Å². The van der Waals surface area contributed by atoms with E-state index in [4.69, 9.17) is 16.6 Å². The van der Waals surface area contributed by atoms with Gasteiger partial charge in [-0.25, -0.2) is 4.79 Å². The van der Waals surface area contributed by atoms with Crippen molar-refractivity contribution in [2.75, 3.05) is 13.1 Å². The van der Waals surface area contributed by atoms with E-state index in [2.05, 4.69) is 5.32 Å². The number of hydrogen-bond donors (Lipinski definition) is 4. The minimum atomic E-state index is -1.10. The molecule has 0 fully saturated rings. The van der Waals surface area contributed by atoms with Gasteiger partial charge in [-0.05, 0) is 13.8 Å². The summed E-state index contributed by atoms with van der Waals surface area (Å²) in [7, 11) is 0. The Morgan fingerprint density at radius 1 is 1.11 bits per heavy atom. The van der Waals surface area contributed by atoms with E-state index in [-0.39, 0.29) is 6.42 Å². The number of primary amides is 2. The van der Waals surface area contributed by atoms with Crippen LogP contribution in [0.1, 0.15) is 20.3 Å². The Bertz CT molecular complexity index is 377. The minimum absolute atomic E-state index is 0.320. The minimum Gasteiger partial charge on any atom is -0.481 e. The van der Waals surface area contributed by atoms with Crippen LogP contribution < -0.4 is 16.8 Å². The number of hydrogen-bond acceptors (Lipinski definition) is 4. The van der Waals surface area contributed by atoms with Crippen LogP contribution in [-0.2, 0) is 14.4 Å². The topological polar surface area (TPSA) is 156 Å². The molecule has 9 nitrogen and oxygen atoms in total. The van der Waals surface area contributed by atoms with Crippen LogP contribution in [0.5, 0.6) is 0 Å². The van der Waals surface area contributed by atoms with Crippen molar-refractivity contribution in [1.29, 1.82) is 0 Å². The van der Waals surface area contributed by atoms with Gasteiger partial charge in [-0.2, -0.15) is 0 Å². The number of nitrogens with one attached hydrogen (secondary N) is 1. The van der Waals surface area contributed by atoms with Gasteiger partial charge in [-0.15, -0.1) is 0 Å². The molecule has 0 bridgehead atoms. The summed E-state index contributed by atoms with van der Waals surface area (Å²) in [5.41, 5.74) is 8.84. The Balaban J connectivity index is 4.75. The van der Waals surface area contributed by atoms with E-state index in [0.29, 0.717) is 0 Å². The lowest BCUT2D eigenvalue weighted by Gasteiger charge is -2.28. The maximum atomic E-state index is 11.8. The van der Waals surface area contributed by atoms with Crippen LogP contribution in [0.4, 0.5) is 4.79 Å². The van der Waals surface area contributed by atoms with E-state index in [0.717, 1.165) is 4.90 Å². The summed E-state index contributed by atoms with van der Waals surface area (Å²) in [5.74, 6) is -2.72. The van der Waals surface area contributed by atoms with Crippen LogP contribution >= 0.6 is 0 Å². The molecular weight excluding hydrogens is 256 g/mol. The molecule has 6 N–H and O–H groups in total. The summed E-state index contributed by atoms with van der Waals surface area (Å²) in [5, 5.41) is 11.1. The second-order valence-corrected chi connectivity index (χ2v) is 4.67. The number of carboxylic acid groups (broad SMARTS) is 1. The molecule has 0 aliphatic carbocycles. The van der Waals surface area contributed by atoms with Crippen molar-refractivity contribution in [1.82, 2.24) is 10.2 Å². The van der Waals surface area contributed by atoms with Gasteiger partial charge in [-0.3, -0.25) is 14.4 Å². The van der Waals surface area contributed by atoms with Crippen molar-refractivity contribution in [2.24, 2.45) is 11.5 Å². The van der Waals surface area contributed by atoms with Gasteiger partial charge in [0.25, 0.3) is 0 Å². The number of carbonyl (C=O) groups is 4. The molecule has 0 unspecified atom stereocenters. The highest BCUT2D eigenvalue weighted by Crippen LogP contribution is 2.08. The third kappa shape index (κ3) is 7.58. The van der Waals surface area contributed by atoms with E-state index in [1.54, 1.807) is 0 Å². The standard InChI is InChI=1S/C10H18N4O5/c1-10(2,3-8(17)18)13-9(19)14(4-6(11)15)5-7(12)16/h3-5H2,1-2H3,(H2,11,15)(H2,12,16)(H,13,19)(H,17,18). The first-order valence-corrected chi connectivity index (χ1v) is 5.39. The van der Waals surface area contributed by atoms with E-state index < -0.39 is 42.4 Å². The van der Waals surface area contributed by atoms with Crippen LogP contribution in [-0.4, -0.2) is 52.4 Å². The molecule has 0 saturated carbocycles. The van der Waals surface area contributed by atoms with E-state index in [9.17, 15) is 19.2 Å². The molecule has 0 radical (unpaired) electrons. The molecule has 0 aromatic rings. The van der Waals surface area contributed by atoms with Gasteiger partial charge in [0.05, 0.1) is 6.42 Å². The zero-order valence-corrected chi connectivity index (χ0v) is 10.8. The van der Waals surface area contributed by atoms with Crippen molar-refractivity contribution in [3.05, 3.63) is 0 Å². The quantitative estimate of drug-likeness (QED) is 0.432. The first-order valence-electron chi connectivity index (χ1n) is 5.39. The highest BCUT2D eigenvalue weighted by Gasteiger charge is 2.27. The molecule has 4 amide bonds. The lowest BCUT2D eigenvalue weighted by molar-refractivity contribution is -0.138. The maximum Gasteiger partial charge on any atom is 0.318 e. The number of aliphatic carboxylic acids is 1. The smallest absolute Gasteiger partial charge is 0.318 e. The maximum absolute atomic E-state index is 11.8. The Morgan fingerprint density at radius 2 is 1.53 bits per heavy atom. The van der Waals surface area contributed by atoms with E-state index in [1.807, 2.05) is 0 Å². The van der Waals surface area contributed by atoms with Crippen molar-refractivity contribution < 1.29 is 24.3 Å². The molecule has 0 saturated heterocycles. The second-order valence-electron chi connectivity index (χ2n) is 4.67. The van der Waals surface area contributed by atoms with Gasteiger partial charge in [-0.1, -0.05) is 0 Å². The molecule has 19 heavy (non-hydrogen) atoms. The summed E-state index contributed by atoms with van der Waals surface area (Å²) in [6.45, 7) is 2.01. The lowest BCUT2D eigenvalue weighted by atomic mass is 10.0. The highest BCUT2D eigenvalue weighted by molar-refractivity contribution is 5.87. The number of urea groups is 1. The number of carboxylic acids is 1. The third-order valence-electron chi connectivity index (χ3n) is 2.02.